The summed E-state index contributed by atoms with van der Waals surface area (Å²) in [4.78, 5) is 15.4. The van der Waals surface area contributed by atoms with E-state index in [1.165, 1.54) is 0 Å². The molecular formula is C11H16N2O2. The van der Waals surface area contributed by atoms with Gasteiger partial charge in [-0.1, -0.05) is 6.58 Å². The van der Waals surface area contributed by atoms with Gasteiger partial charge in [-0.25, -0.2) is 4.79 Å². The fourth-order valence-corrected chi connectivity index (χ4v) is 1.08. The number of hydrogen-bond donors (Lipinski definition) is 1. The first-order valence-electron chi connectivity index (χ1n) is 4.79. The zero-order valence-electron chi connectivity index (χ0n) is 9.33. The van der Waals surface area contributed by atoms with Crippen molar-refractivity contribution in [1.29, 1.82) is 0 Å². The Kier molecular flexibility index (Phi) is 3.29. The predicted molar refractivity (Wildman–Crippen MR) is 59.7 cm³/mol. The molecule has 0 spiro atoms. The molecular weight excluding hydrogens is 192 g/mol. The second-order valence-corrected chi connectivity index (χ2v) is 4.28. The van der Waals surface area contributed by atoms with E-state index in [-0.39, 0.29) is 0 Å². The van der Waals surface area contributed by atoms with Crippen LogP contribution in [0, 0.1) is 0 Å². The third kappa shape index (κ3) is 3.97. The van der Waals surface area contributed by atoms with Crippen LogP contribution in [0.3, 0.4) is 0 Å². The molecule has 1 amide bonds. The van der Waals surface area contributed by atoms with Crippen molar-refractivity contribution in [3.05, 3.63) is 24.6 Å². The van der Waals surface area contributed by atoms with Gasteiger partial charge in [0.1, 0.15) is 5.60 Å². The van der Waals surface area contributed by atoms with Gasteiger partial charge in [0.25, 0.3) is 0 Å². The van der Waals surface area contributed by atoms with Crippen molar-refractivity contribution in [3.8, 4) is 0 Å². The van der Waals surface area contributed by atoms with Gasteiger partial charge in [0.2, 0.25) is 0 Å². The van der Waals surface area contributed by atoms with Gasteiger partial charge in [-0.05, 0) is 26.8 Å². The number of ether oxygens (including phenoxy) is 1. The van der Waals surface area contributed by atoms with Crippen molar-refractivity contribution in [2.45, 2.75) is 32.8 Å². The van der Waals surface area contributed by atoms with Crippen molar-refractivity contribution in [1.82, 2.24) is 5.32 Å². The molecule has 1 aliphatic heterocycles. The highest BCUT2D eigenvalue weighted by Crippen LogP contribution is 2.11. The molecule has 4 nitrogen and oxygen atoms in total. The molecule has 82 valence electrons. The highest BCUT2D eigenvalue weighted by atomic mass is 16.6. The van der Waals surface area contributed by atoms with Crippen LogP contribution in [0.4, 0.5) is 4.79 Å². The third-order valence-corrected chi connectivity index (χ3v) is 1.65. The lowest BCUT2D eigenvalue weighted by molar-refractivity contribution is 0.0545. The monoisotopic (exact) mass is 208 g/mol. The van der Waals surface area contributed by atoms with Crippen LogP contribution >= 0.6 is 0 Å². The largest absolute Gasteiger partial charge is 0.444 e. The summed E-state index contributed by atoms with van der Waals surface area (Å²) < 4.78 is 5.10. The van der Waals surface area contributed by atoms with E-state index in [2.05, 4.69) is 16.9 Å². The maximum absolute atomic E-state index is 11.4. The summed E-state index contributed by atoms with van der Waals surface area (Å²) in [6.45, 7) is 9.07. The minimum atomic E-state index is -0.481. The summed E-state index contributed by atoms with van der Waals surface area (Å²) in [5.41, 5.74) is 1.10. The zero-order valence-corrected chi connectivity index (χ0v) is 9.33. The summed E-state index contributed by atoms with van der Waals surface area (Å²) in [5, 5.41) is 2.64. The molecule has 0 radical (unpaired) electrons. The van der Waals surface area contributed by atoms with Crippen LogP contribution in [0.5, 0.6) is 0 Å². The van der Waals surface area contributed by atoms with E-state index in [1.54, 1.807) is 12.3 Å². The Balaban J connectivity index is 2.39. The molecule has 0 aromatic heterocycles. The second kappa shape index (κ2) is 4.29. The van der Waals surface area contributed by atoms with Crippen LogP contribution in [0.15, 0.2) is 29.5 Å². The fourth-order valence-electron chi connectivity index (χ4n) is 1.08. The first-order valence-corrected chi connectivity index (χ1v) is 4.79. The number of aliphatic imine (C=N–C) groups is 1. The molecule has 0 saturated carbocycles. The van der Waals surface area contributed by atoms with Gasteiger partial charge in [-0.15, -0.1) is 0 Å². The van der Waals surface area contributed by atoms with Gasteiger partial charge in [0.05, 0.1) is 0 Å². The lowest BCUT2D eigenvalue weighted by Crippen LogP contribution is -2.32. The highest BCUT2D eigenvalue weighted by Gasteiger charge is 2.18. The molecule has 0 unspecified atom stereocenters. The van der Waals surface area contributed by atoms with Gasteiger partial charge in [0, 0.05) is 24.0 Å². The quantitative estimate of drug-likeness (QED) is 0.757. The number of allylic oxidation sites excluding steroid dienone is 2. The Morgan fingerprint density at radius 2 is 2.33 bits per heavy atom. The van der Waals surface area contributed by atoms with E-state index in [4.69, 9.17) is 4.74 Å². The Hall–Kier alpha value is -1.58. The van der Waals surface area contributed by atoms with E-state index in [9.17, 15) is 4.79 Å². The number of amides is 1. The summed E-state index contributed by atoms with van der Waals surface area (Å²) in [6.07, 6.45) is 3.43. The van der Waals surface area contributed by atoms with Crippen molar-refractivity contribution in [3.63, 3.8) is 0 Å². The molecule has 1 aliphatic rings. The topological polar surface area (TPSA) is 50.7 Å². The van der Waals surface area contributed by atoms with Gasteiger partial charge >= 0.3 is 6.09 Å². The minimum Gasteiger partial charge on any atom is -0.444 e. The predicted octanol–water partition coefficient (Wildman–Crippen LogP) is 2.38. The van der Waals surface area contributed by atoms with Gasteiger partial charge in [-0.2, -0.15) is 0 Å². The van der Waals surface area contributed by atoms with Crippen LogP contribution in [-0.2, 0) is 4.74 Å². The van der Waals surface area contributed by atoms with Crippen LogP contribution in [-0.4, -0.2) is 17.4 Å². The molecule has 0 bridgehead atoms. The Morgan fingerprint density at radius 1 is 1.67 bits per heavy atom. The van der Waals surface area contributed by atoms with Crippen LogP contribution in [0.1, 0.15) is 27.2 Å². The minimum absolute atomic E-state index is 0.450. The highest BCUT2D eigenvalue weighted by molar-refractivity contribution is 5.98. The van der Waals surface area contributed by atoms with Gasteiger partial charge in [-0.3, -0.25) is 10.3 Å². The number of hydrogen-bond acceptors (Lipinski definition) is 3. The Labute approximate surface area is 89.7 Å². The van der Waals surface area contributed by atoms with Crippen molar-refractivity contribution >= 4 is 11.8 Å². The summed E-state index contributed by atoms with van der Waals surface area (Å²) in [7, 11) is 0. The van der Waals surface area contributed by atoms with Crippen LogP contribution in [0.25, 0.3) is 0 Å². The normalized spacial score (nSPS) is 15.4. The molecule has 4 heteroatoms. The van der Waals surface area contributed by atoms with Gasteiger partial charge < -0.3 is 4.74 Å². The lowest BCUT2D eigenvalue weighted by Gasteiger charge is -2.19. The maximum atomic E-state index is 11.4. The first kappa shape index (κ1) is 11.5. The molecule has 0 aliphatic carbocycles. The van der Waals surface area contributed by atoms with E-state index in [0.717, 1.165) is 11.4 Å². The number of rotatable bonds is 2. The maximum Gasteiger partial charge on any atom is 0.411 e. The Morgan fingerprint density at radius 3 is 2.80 bits per heavy atom. The SMILES string of the molecule is C=CC1=NC=C(NC(=O)OC(C)(C)C)C1. The van der Waals surface area contributed by atoms with Crippen LogP contribution in [0.2, 0.25) is 0 Å². The molecule has 0 atom stereocenters. The molecule has 0 aromatic carbocycles. The molecule has 0 aromatic rings. The molecule has 1 rings (SSSR count). The average molecular weight is 208 g/mol. The van der Waals surface area contributed by atoms with E-state index in [0.29, 0.717) is 6.42 Å². The molecule has 15 heavy (non-hydrogen) atoms. The first-order chi connectivity index (χ1) is 6.90. The number of carbonyl (C=O) groups is 1. The van der Waals surface area contributed by atoms with E-state index < -0.39 is 11.7 Å². The number of nitrogens with zero attached hydrogens (tertiary/aromatic N) is 1. The summed E-state index contributed by atoms with van der Waals surface area (Å²) in [5.74, 6) is 0. The molecule has 1 heterocycles. The van der Waals surface area contributed by atoms with Crippen LogP contribution < -0.4 is 5.32 Å². The van der Waals surface area contributed by atoms with E-state index >= 15 is 0 Å². The fraction of sp³-hybridized carbons (Fsp3) is 0.455. The summed E-state index contributed by atoms with van der Waals surface area (Å²) in [6, 6.07) is 0. The summed E-state index contributed by atoms with van der Waals surface area (Å²) >= 11 is 0. The van der Waals surface area contributed by atoms with E-state index in [1.807, 2.05) is 20.8 Å². The lowest BCUT2D eigenvalue weighted by atomic mass is 10.2. The van der Waals surface area contributed by atoms with Crippen molar-refractivity contribution in [2.24, 2.45) is 4.99 Å². The molecule has 0 fully saturated rings. The number of nitrogens with one attached hydrogen (secondary N) is 1. The number of carbonyl (C=O) groups excluding carboxylic acids is 1. The number of alkyl carbamates (subject to hydrolysis) is 1. The smallest absolute Gasteiger partial charge is 0.411 e. The second-order valence-electron chi connectivity index (χ2n) is 4.28. The van der Waals surface area contributed by atoms with Crippen molar-refractivity contribution in [2.75, 3.05) is 0 Å². The standard InChI is InChI=1S/C11H16N2O2/c1-5-8-6-9(7-12-8)13-10(14)15-11(2,3)4/h5,7H,1,6H2,2-4H3,(H,13,14). The third-order valence-electron chi connectivity index (χ3n) is 1.65. The zero-order chi connectivity index (χ0) is 11.5. The Bertz CT molecular complexity index is 335. The molecule has 1 N–H and O–H groups in total. The van der Waals surface area contributed by atoms with Crippen molar-refractivity contribution < 1.29 is 9.53 Å². The van der Waals surface area contributed by atoms with Gasteiger partial charge in [0.15, 0.2) is 0 Å². The average Bonchev–Trinajstić information content (AvgIpc) is 2.48. The molecule has 0 saturated heterocycles.